The fraction of sp³-hybridized carbons (Fsp3) is 0.240. The maximum Gasteiger partial charge on any atom is 0.258 e. The van der Waals surface area contributed by atoms with Crippen LogP contribution in [0.3, 0.4) is 0 Å². The molecule has 1 heterocycles. The highest BCUT2D eigenvalue weighted by Crippen LogP contribution is 2.30. The Bertz CT molecular complexity index is 1340. The number of nitrogens with one attached hydrogen (secondary N) is 1. The summed E-state index contributed by atoms with van der Waals surface area (Å²) in [6, 6.07) is 17.3. The largest absolute Gasteiger partial charge is 0.493 e. The van der Waals surface area contributed by atoms with Crippen LogP contribution >= 0.6 is 0 Å². The number of aromatic amines is 1. The molecule has 0 bridgehead atoms. The number of nitrogens with zero attached hydrogens (tertiary/aromatic N) is 2. The third-order valence-electron chi connectivity index (χ3n) is 5.56. The average molecular weight is 431 g/mol. The second-order valence-corrected chi connectivity index (χ2v) is 7.46. The summed E-state index contributed by atoms with van der Waals surface area (Å²) in [6.45, 7) is 2.62. The van der Waals surface area contributed by atoms with Crippen LogP contribution in [0.15, 0.2) is 59.4 Å². The Morgan fingerprint density at radius 3 is 2.47 bits per heavy atom. The number of hydrogen-bond acceptors (Lipinski definition) is 5. The highest BCUT2D eigenvalue weighted by atomic mass is 16.5. The molecule has 7 nitrogen and oxygen atoms in total. The van der Waals surface area contributed by atoms with E-state index in [-0.39, 0.29) is 24.4 Å². The van der Waals surface area contributed by atoms with Gasteiger partial charge in [0.05, 0.1) is 38.1 Å². The summed E-state index contributed by atoms with van der Waals surface area (Å²) in [7, 11) is 3.04. The van der Waals surface area contributed by atoms with E-state index in [1.54, 1.807) is 17.0 Å². The SMILES string of the molecule is CCN(Cc1nc2cc(OC)c(OC)cc2c(=O)[nH]1)C(=O)Cc1cccc2ccccc12. The Morgan fingerprint density at radius 2 is 1.72 bits per heavy atom. The highest BCUT2D eigenvalue weighted by Gasteiger charge is 2.17. The van der Waals surface area contributed by atoms with Gasteiger partial charge in [-0.1, -0.05) is 42.5 Å². The molecule has 4 rings (SSSR count). The van der Waals surface area contributed by atoms with Gasteiger partial charge < -0.3 is 19.4 Å². The van der Waals surface area contributed by atoms with Crippen LogP contribution < -0.4 is 15.0 Å². The summed E-state index contributed by atoms with van der Waals surface area (Å²) in [6.07, 6.45) is 0.276. The second kappa shape index (κ2) is 9.09. The number of hydrogen-bond donors (Lipinski definition) is 1. The summed E-state index contributed by atoms with van der Waals surface area (Å²) in [5.74, 6) is 1.34. The quantitative estimate of drug-likeness (QED) is 0.483. The normalized spacial score (nSPS) is 11.0. The van der Waals surface area contributed by atoms with Gasteiger partial charge in [-0.25, -0.2) is 4.98 Å². The van der Waals surface area contributed by atoms with Crippen LogP contribution in [0, 0.1) is 0 Å². The van der Waals surface area contributed by atoms with Crippen LogP contribution in [0.2, 0.25) is 0 Å². The molecule has 1 aromatic heterocycles. The maximum atomic E-state index is 13.1. The number of benzene rings is 3. The molecule has 0 aliphatic carbocycles. The second-order valence-electron chi connectivity index (χ2n) is 7.46. The molecule has 0 saturated heterocycles. The predicted octanol–water partition coefficient (Wildman–Crippen LogP) is 3.68. The van der Waals surface area contributed by atoms with E-state index in [2.05, 4.69) is 9.97 Å². The zero-order valence-corrected chi connectivity index (χ0v) is 18.3. The van der Waals surface area contributed by atoms with E-state index in [0.717, 1.165) is 16.3 Å². The van der Waals surface area contributed by atoms with Crippen LogP contribution in [0.1, 0.15) is 18.3 Å². The molecule has 1 N–H and O–H groups in total. The lowest BCUT2D eigenvalue weighted by molar-refractivity contribution is -0.130. The van der Waals surface area contributed by atoms with Crippen LogP contribution in [0.5, 0.6) is 11.5 Å². The van der Waals surface area contributed by atoms with Crippen molar-refractivity contribution < 1.29 is 14.3 Å². The van der Waals surface area contributed by atoms with Crippen LogP contribution in [0.4, 0.5) is 0 Å². The number of carbonyl (C=O) groups excluding carboxylic acids is 1. The number of amides is 1. The lowest BCUT2D eigenvalue weighted by Gasteiger charge is -2.21. The van der Waals surface area contributed by atoms with Crippen molar-refractivity contribution in [3.63, 3.8) is 0 Å². The van der Waals surface area contributed by atoms with Crippen LogP contribution in [0.25, 0.3) is 21.7 Å². The van der Waals surface area contributed by atoms with E-state index in [9.17, 15) is 9.59 Å². The van der Waals surface area contributed by atoms with Crippen molar-refractivity contribution in [2.75, 3.05) is 20.8 Å². The molecule has 4 aromatic rings. The zero-order valence-electron chi connectivity index (χ0n) is 18.3. The van der Waals surface area contributed by atoms with Crippen LogP contribution in [-0.2, 0) is 17.8 Å². The van der Waals surface area contributed by atoms with Gasteiger partial charge in [0.1, 0.15) is 5.82 Å². The number of rotatable bonds is 7. The Kier molecular flexibility index (Phi) is 6.07. The Labute approximate surface area is 185 Å². The van der Waals surface area contributed by atoms with Gasteiger partial charge in [0, 0.05) is 12.6 Å². The molecule has 0 saturated carbocycles. The number of fused-ring (bicyclic) bond motifs is 2. The highest BCUT2D eigenvalue weighted by molar-refractivity contribution is 5.90. The molecular formula is C25H25N3O4. The van der Waals surface area contributed by atoms with Gasteiger partial charge in [0.15, 0.2) is 11.5 Å². The minimum Gasteiger partial charge on any atom is -0.493 e. The summed E-state index contributed by atoms with van der Waals surface area (Å²) < 4.78 is 10.6. The van der Waals surface area contributed by atoms with Gasteiger partial charge in [-0.2, -0.15) is 0 Å². The van der Waals surface area contributed by atoms with Crippen molar-refractivity contribution in [3.05, 3.63) is 76.3 Å². The molecule has 32 heavy (non-hydrogen) atoms. The van der Waals surface area contributed by atoms with Crippen molar-refractivity contribution in [1.29, 1.82) is 0 Å². The first-order chi connectivity index (χ1) is 15.5. The topological polar surface area (TPSA) is 84.5 Å². The first-order valence-electron chi connectivity index (χ1n) is 10.4. The molecule has 0 unspecified atom stereocenters. The first-order valence-corrected chi connectivity index (χ1v) is 10.4. The number of methoxy groups -OCH3 is 2. The van der Waals surface area contributed by atoms with Gasteiger partial charge in [0.25, 0.3) is 5.56 Å². The van der Waals surface area contributed by atoms with E-state index in [4.69, 9.17) is 9.47 Å². The third kappa shape index (κ3) is 4.14. The molecule has 3 aromatic carbocycles. The standard InChI is InChI=1S/C25H25N3O4/c1-4-28(24(29)12-17-10-7-9-16-8-5-6-11-18(16)17)15-23-26-20-14-22(32-3)21(31-2)13-19(20)25(30)27-23/h5-11,13-14H,4,12,15H2,1-3H3,(H,26,27,30). The maximum absolute atomic E-state index is 13.1. The molecule has 164 valence electrons. The van der Waals surface area contributed by atoms with Gasteiger partial charge in [-0.3, -0.25) is 9.59 Å². The Hall–Kier alpha value is -3.87. The lowest BCUT2D eigenvalue weighted by atomic mass is 10.0. The molecular weight excluding hydrogens is 406 g/mol. The third-order valence-corrected chi connectivity index (χ3v) is 5.56. The number of H-pyrrole nitrogens is 1. The molecule has 0 radical (unpaired) electrons. The van der Waals surface area contributed by atoms with Gasteiger partial charge in [-0.05, 0) is 29.3 Å². The number of likely N-dealkylation sites (N-methyl/N-ethyl adjacent to an activating group) is 1. The number of aromatic nitrogens is 2. The van der Waals surface area contributed by atoms with Crippen molar-refractivity contribution in [2.24, 2.45) is 0 Å². The van der Waals surface area contributed by atoms with E-state index in [1.807, 2.05) is 49.4 Å². The Balaban J connectivity index is 1.61. The van der Waals surface area contributed by atoms with Gasteiger partial charge in [0.2, 0.25) is 5.91 Å². The summed E-state index contributed by atoms with van der Waals surface area (Å²) in [5, 5.41) is 2.57. The summed E-state index contributed by atoms with van der Waals surface area (Å²) in [4.78, 5) is 34.8. The number of carbonyl (C=O) groups is 1. The zero-order chi connectivity index (χ0) is 22.7. The molecule has 0 atom stereocenters. The van der Waals surface area contributed by atoms with E-state index < -0.39 is 0 Å². The number of ether oxygens (including phenoxy) is 2. The monoisotopic (exact) mass is 431 g/mol. The van der Waals surface area contributed by atoms with Crippen molar-refractivity contribution in [3.8, 4) is 11.5 Å². The molecule has 0 spiro atoms. The average Bonchev–Trinajstić information content (AvgIpc) is 2.81. The van der Waals surface area contributed by atoms with E-state index in [1.165, 1.54) is 14.2 Å². The van der Waals surface area contributed by atoms with Gasteiger partial charge >= 0.3 is 0 Å². The molecule has 0 aliphatic rings. The van der Waals surface area contributed by atoms with Gasteiger partial charge in [-0.15, -0.1) is 0 Å². The Morgan fingerprint density at radius 1 is 1.00 bits per heavy atom. The summed E-state index contributed by atoms with van der Waals surface area (Å²) in [5.41, 5.74) is 1.17. The molecule has 1 amide bonds. The van der Waals surface area contributed by atoms with Crippen LogP contribution in [-0.4, -0.2) is 41.5 Å². The van der Waals surface area contributed by atoms with E-state index >= 15 is 0 Å². The van der Waals surface area contributed by atoms with Crippen molar-refractivity contribution in [2.45, 2.75) is 19.9 Å². The first kappa shape index (κ1) is 21.4. The molecule has 0 aliphatic heterocycles. The lowest BCUT2D eigenvalue weighted by Crippen LogP contribution is -2.33. The smallest absolute Gasteiger partial charge is 0.258 e. The fourth-order valence-electron chi connectivity index (χ4n) is 3.87. The fourth-order valence-corrected chi connectivity index (χ4v) is 3.87. The summed E-state index contributed by atoms with van der Waals surface area (Å²) >= 11 is 0. The predicted molar refractivity (Wildman–Crippen MR) is 124 cm³/mol. The van der Waals surface area contributed by atoms with E-state index in [0.29, 0.717) is 34.8 Å². The molecule has 0 fully saturated rings. The minimum absolute atomic E-state index is 0.0288. The minimum atomic E-state index is -0.288. The van der Waals surface area contributed by atoms with Crippen molar-refractivity contribution in [1.82, 2.24) is 14.9 Å². The van der Waals surface area contributed by atoms with Crippen molar-refractivity contribution >= 4 is 27.6 Å². The molecule has 7 heteroatoms.